The molecule has 0 bridgehead atoms. The van der Waals surface area contributed by atoms with E-state index in [1.807, 2.05) is 11.3 Å². The molecule has 3 rings (SSSR count). The summed E-state index contributed by atoms with van der Waals surface area (Å²) in [6.45, 7) is 2.44. The zero-order valence-corrected chi connectivity index (χ0v) is 8.62. The van der Waals surface area contributed by atoms with E-state index < -0.39 is 0 Å². The van der Waals surface area contributed by atoms with Gasteiger partial charge in [-0.3, -0.25) is 0 Å². The van der Waals surface area contributed by atoms with Crippen molar-refractivity contribution in [1.82, 2.24) is 5.32 Å². The van der Waals surface area contributed by atoms with E-state index in [-0.39, 0.29) is 0 Å². The van der Waals surface area contributed by atoms with Crippen molar-refractivity contribution in [1.29, 1.82) is 0 Å². The first-order chi connectivity index (χ1) is 6.41. The Balaban J connectivity index is 2.08. The summed E-state index contributed by atoms with van der Waals surface area (Å²) < 4.78 is 0. The molecule has 70 valence electrons. The fraction of sp³-hybridized carbons (Fsp3) is 0.636. The largest absolute Gasteiger partial charge is 0.316 e. The number of hydrogen-bond donors (Lipinski definition) is 1. The van der Waals surface area contributed by atoms with Gasteiger partial charge in [0.05, 0.1) is 0 Å². The maximum atomic E-state index is 3.52. The molecule has 2 heterocycles. The SMILES string of the molecule is c1cc2c(s1)C1(CCC2)CCNC1. The highest BCUT2D eigenvalue weighted by Gasteiger charge is 2.39. The van der Waals surface area contributed by atoms with Crippen molar-refractivity contribution in [2.24, 2.45) is 0 Å². The van der Waals surface area contributed by atoms with E-state index in [1.54, 1.807) is 10.4 Å². The second-order valence-electron chi connectivity index (χ2n) is 4.34. The zero-order chi connectivity index (χ0) is 8.73. The monoisotopic (exact) mass is 193 g/mol. The Bertz CT molecular complexity index is 310. The van der Waals surface area contributed by atoms with Crippen LogP contribution in [-0.2, 0) is 11.8 Å². The number of hydrogen-bond acceptors (Lipinski definition) is 2. The van der Waals surface area contributed by atoms with E-state index in [4.69, 9.17) is 0 Å². The minimum absolute atomic E-state index is 0.543. The summed E-state index contributed by atoms with van der Waals surface area (Å²) >= 11 is 1.98. The molecule has 1 saturated heterocycles. The van der Waals surface area contributed by atoms with Gasteiger partial charge in [-0.25, -0.2) is 0 Å². The molecule has 0 radical (unpaired) electrons. The second-order valence-corrected chi connectivity index (χ2v) is 5.25. The van der Waals surface area contributed by atoms with Crippen molar-refractivity contribution in [3.63, 3.8) is 0 Å². The summed E-state index contributed by atoms with van der Waals surface area (Å²) in [7, 11) is 0. The van der Waals surface area contributed by atoms with Crippen LogP contribution in [0.15, 0.2) is 11.4 Å². The van der Waals surface area contributed by atoms with Gasteiger partial charge in [-0.1, -0.05) is 0 Å². The van der Waals surface area contributed by atoms with E-state index in [2.05, 4.69) is 16.8 Å². The van der Waals surface area contributed by atoms with Crippen molar-refractivity contribution >= 4 is 11.3 Å². The molecule has 1 N–H and O–H groups in total. The third kappa shape index (κ3) is 1.09. The highest BCUT2D eigenvalue weighted by Crippen LogP contribution is 2.44. The molecule has 1 aromatic rings. The first-order valence-electron chi connectivity index (χ1n) is 5.18. The van der Waals surface area contributed by atoms with Gasteiger partial charge >= 0.3 is 0 Å². The third-order valence-corrected chi connectivity index (χ3v) is 4.78. The molecule has 0 saturated carbocycles. The fourth-order valence-corrected chi connectivity index (χ4v) is 4.10. The van der Waals surface area contributed by atoms with Gasteiger partial charge in [0.1, 0.15) is 0 Å². The van der Waals surface area contributed by atoms with Gasteiger partial charge in [0.25, 0.3) is 0 Å². The van der Waals surface area contributed by atoms with Crippen LogP contribution in [0, 0.1) is 0 Å². The van der Waals surface area contributed by atoms with Crippen LogP contribution in [0.25, 0.3) is 0 Å². The van der Waals surface area contributed by atoms with E-state index in [0.29, 0.717) is 5.41 Å². The number of aryl methyl sites for hydroxylation is 1. The van der Waals surface area contributed by atoms with E-state index >= 15 is 0 Å². The van der Waals surface area contributed by atoms with Crippen molar-refractivity contribution < 1.29 is 0 Å². The number of thiophene rings is 1. The Hall–Kier alpha value is -0.340. The highest BCUT2D eigenvalue weighted by atomic mass is 32.1. The zero-order valence-electron chi connectivity index (χ0n) is 7.81. The van der Waals surface area contributed by atoms with Gasteiger partial charge in [0.2, 0.25) is 0 Å². The quantitative estimate of drug-likeness (QED) is 0.667. The van der Waals surface area contributed by atoms with Crippen LogP contribution in [0.3, 0.4) is 0 Å². The predicted octanol–water partition coefficient (Wildman–Crippen LogP) is 2.32. The Morgan fingerprint density at radius 3 is 3.23 bits per heavy atom. The molecule has 1 fully saturated rings. The molecule has 1 aliphatic heterocycles. The standard InChI is InChI=1S/C11H15NS/c1-2-9-3-7-13-10(9)11(4-1)5-6-12-8-11/h3,7,12H,1-2,4-6,8H2. The third-order valence-electron chi connectivity index (χ3n) is 3.57. The van der Waals surface area contributed by atoms with Gasteiger partial charge in [0.15, 0.2) is 0 Å². The molecule has 13 heavy (non-hydrogen) atoms. The van der Waals surface area contributed by atoms with Crippen LogP contribution >= 0.6 is 11.3 Å². The number of nitrogens with one attached hydrogen (secondary N) is 1. The molecular formula is C11H15NS. The molecule has 1 aromatic heterocycles. The van der Waals surface area contributed by atoms with Crippen molar-refractivity contribution in [2.45, 2.75) is 31.1 Å². The Kier molecular flexibility index (Phi) is 1.74. The molecule has 0 amide bonds. The maximum absolute atomic E-state index is 3.52. The smallest absolute Gasteiger partial charge is 0.0187 e. The summed E-state index contributed by atoms with van der Waals surface area (Å²) in [5.41, 5.74) is 2.18. The predicted molar refractivity (Wildman–Crippen MR) is 56.4 cm³/mol. The maximum Gasteiger partial charge on any atom is 0.0187 e. The van der Waals surface area contributed by atoms with Crippen LogP contribution in [0.4, 0.5) is 0 Å². The van der Waals surface area contributed by atoms with Gasteiger partial charge < -0.3 is 5.32 Å². The lowest BCUT2D eigenvalue weighted by molar-refractivity contribution is 0.402. The highest BCUT2D eigenvalue weighted by molar-refractivity contribution is 7.10. The van der Waals surface area contributed by atoms with Crippen molar-refractivity contribution in [3.05, 3.63) is 21.9 Å². The Morgan fingerprint density at radius 1 is 1.38 bits per heavy atom. The van der Waals surface area contributed by atoms with Gasteiger partial charge in [-0.2, -0.15) is 0 Å². The molecule has 0 aromatic carbocycles. The molecule has 1 aliphatic carbocycles. The molecule has 1 unspecified atom stereocenters. The molecule has 2 aliphatic rings. The summed E-state index contributed by atoms with van der Waals surface area (Å²) in [5.74, 6) is 0. The number of fused-ring (bicyclic) bond motifs is 2. The van der Waals surface area contributed by atoms with Gasteiger partial charge in [0, 0.05) is 16.8 Å². The first kappa shape index (κ1) is 8.01. The average molecular weight is 193 g/mol. The van der Waals surface area contributed by atoms with Crippen molar-refractivity contribution in [2.75, 3.05) is 13.1 Å². The van der Waals surface area contributed by atoms with E-state index in [1.165, 1.54) is 38.8 Å². The topological polar surface area (TPSA) is 12.0 Å². The van der Waals surface area contributed by atoms with Crippen LogP contribution in [0.5, 0.6) is 0 Å². The lowest BCUT2D eigenvalue weighted by Crippen LogP contribution is -2.31. The normalized spacial score (nSPS) is 32.3. The van der Waals surface area contributed by atoms with E-state index in [9.17, 15) is 0 Å². The molecular weight excluding hydrogens is 178 g/mol. The van der Waals surface area contributed by atoms with Crippen molar-refractivity contribution in [3.8, 4) is 0 Å². The minimum atomic E-state index is 0.543. The van der Waals surface area contributed by atoms with Crippen LogP contribution in [0.2, 0.25) is 0 Å². The number of rotatable bonds is 0. The van der Waals surface area contributed by atoms with Gasteiger partial charge in [-0.05, 0) is 49.2 Å². The van der Waals surface area contributed by atoms with Gasteiger partial charge in [-0.15, -0.1) is 11.3 Å². The summed E-state index contributed by atoms with van der Waals surface area (Å²) in [4.78, 5) is 1.70. The molecule has 1 nitrogen and oxygen atoms in total. The molecule has 1 spiro atoms. The molecule has 2 heteroatoms. The molecule has 1 atom stereocenters. The first-order valence-corrected chi connectivity index (χ1v) is 6.06. The summed E-state index contributed by atoms with van der Waals surface area (Å²) in [6, 6.07) is 2.33. The summed E-state index contributed by atoms with van der Waals surface area (Å²) in [6.07, 6.45) is 5.49. The minimum Gasteiger partial charge on any atom is -0.316 e. The lowest BCUT2D eigenvalue weighted by Gasteiger charge is -2.32. The summed E-state index contributed by atoms with van der Waals surface area (Å²) in [5, 5.41) is 5.79. The Labute approximate surface area is 83.2 Å². The van der Waals surface area contributed by atoms with Crippen LogP contribution < -0.4 is 5.32 Å². The Morgan fingerprint density at radius 2 is 2.38 bits per heavy atom. The van der Waals surface area contributed by atoms with Crippen LogP contribution in [0.1, 0.15) is 29.7 Å². The lowest BCUT2D eigenvalue weighted by atomic mass is 9.74. The van der Waals surface area contributed by atoms with Crippen LogP contribution in [-0.4, -0.2) is 13.1 Å². The second kappa shape index (κ2) is 2.82. The average Bonchev–Trinajstić information content (AvgIpc) is 2.74. The fourth-order valence-electron chi connectivity index (χ4n) is 2.88. The van der Waals surface area contributed by atoms with E-state index in [0.717, 1.165) is 0 Å².